The fourth-order valence-corrected chi connectivity index (χ4v) is 1.57. The van der Waals surface area contributed by atoms with E-state index in [1.165, 1.54) is 25.9 Å². The summed E-state index contributed by atoms with van der Waals surface area (Å²) in [7, 11) is 0. The Morgan fingerprint density at radius 2 is 1.90 bits per heavy atom. The molecule has 0 spiro atoms. The summed E-state index contributed by atoms with van der Waals surface area (Å²) >= 11 is 0. The van der Waals surface area contributed by atoms with Crippen LogP contribution in [0.1, 0.15) is 26.7 Å². The largest absolute Gasteiger partial charge is 0.317 e. The minimum atomic E-state index is 0.486. The average molecular weight is 139 g/mol. The highest BCUT2D eigenvalue weighted by Crippen LogP contribution is 2.28. The lowest BCUT2D eigenvalue weighted by molar-refractivity contribution is 0.301. The summed E-state index contributed by atoms with van der Waals surface area (Å²) in [5.41, 5.74) is 0.486. The number of rotatable bonds is 1. The Labute approximate surface area is 63.5 Å². The van der Waals surface area contributed by atoms with Gasteiger partial charge in [0, 0.05) is 0 Å². The second-order valence-corrected chi connectivity index (χ2v) is 3.40. The van der Waals surface area contributed by atoms with E-state index in [1.807, 2.05) is 0 Å². The highest BCUT2D eigenvalue weighted by atomic mass is 14.9. The van der Waals surface area contributed by atoms with Crippen LogP contribution in [-0.4, -0.2) is 13.1 Å². The quantitative estimate of drug-likeness (QED) is 0.547. The zero-order valence-electron chi connectivity index (χ0n) is 6.98. The lowest BCUT2D eigenvalue weighted by atomic mass is 9.81. The third-order valence-corrected chi connectivity index (χ3v) is 2.31. The summed E-state index contributed by atoms with van der Waals surface area (Å²) in [6.07, 6.45) is 7.09. The van der Waals surface area contributed by atoms with Crippen LogP contribution in [0.2, 0.25) is 0 Å². The van der Waals surface area contributed by atoms with E-state index in [4.69, 9.17) is 0 Å². The van der Waals surface area contributed by atoms with E-state index in [9.17, 15) is 0 Å². The number of hydrogen-bond acceptors (Lipinski definition) is 1. The molecule has 0 aliphatic carbocycles. The molecule has 0 unspecified atom stereocenters. The second kappa shape index (κ2) is 3.20. The van der Waals surface area contributed by atoms with Crippen molar-refractivity contribution in [3.63, 3.8) is 0 Å². The van der Waals surface area contributed by atoms with E-state index in [1.54, 1.807) is 0 Å². The molecule has 0 bridgehead atoms. The van der Waals surface area contributed by atoms with Crippen molar-refractivity contribution in [1.82, 2.24) is 5.32 Å². The Morgan fingerprint density at radius 1 is 1.30 bits per heavy atom. The van der Waals surface area contributed by atoms with Crippen molar-refractivity contribution in [2.75, 3.05) is 13.1 Å². The van der Waals surface area contributed by atoms with E-state index < -0.39 is 0 Å². The number of piperidine rings is 1. The van der Waals surface area contributed by atoms with Crippen molar-refractivity contribution in [3.05, 3.63) is 12.2 Å². The molecule has 0 aromatic heterocycles. The first-order valence-electron chi connectivity index (χ1n) is 4.11. The topological polar surface area (TPSA) is 12.0 Å². The molecule has 10 heavy (non-hydrogen) atoms. The van der Waals surface area contributed by atoms with E-state index in [0.29, 0.717) is 5.41 Å². The lowest BCUT2D eigenvalue weighted by Crippen LogP contribution is -2.33. The minimum Gasteiger partial charge on any atom is -0.317 e. The zero-order chi connectivity index (χ0) is 7.45. The molecule has 1 aliphatic heterocycles. The van der Waals surface area contributed by atoms with Crippen molar-refractivity contribution < 1.29 is 0 Å². The smallest absolute Gasteiger partial charge is 0.00407 e. The van der Waals surface area contributed by atoms with Gasteiger partial charge >= 0.3 is 0 Å². The zero-order valence-corrected chi connectivity index (χ0v) is 6.98. The third-order valence-electron chi connectivity index (χ3n) is 2.31. The van der Waals surface area contributed by atoms with Gasteiger partial charge in [-0.25, -0.2) is 0 Å². The number of allylic oxidation sites excluding steroid dienone is 2. The van der Waals surface area contributed by atoms with Gasteiger partial charge < -0.3 is 5.32 Å². The standard InChI is InChI=1S/C9H17N/c1-3-4-9(2)5-7-10-8-6-9/h3-4,10H,5-8H2,1-2H3/b4-3+. The summed E-state index contributed by atoms with van der Waals surface area (Å²) in [5, 5.41) is 3.36. The molecule has 1 nitrogen and oxygen atoms in total. The predicted molar refractivity (Wildman–Crippen MR) is 45.0 cm³/mol. The SMILES string of the molecule is C/C=C/C1(C)CCNCC1. The van der Waals surface area contributed by atoms with Gasteiger partial charge in [-0.1, -0.05) is 19.1 Å². The van der Waals surface area contributed by atoms with Crippen LogP contribution in [-0.2, 0) is 0 Å². The Hall–Kier alpha value is -0.300. The van der Waals surface area contributed by atoms with E-state index >= 15 is 0 Å². The van der Waals surface area contributed by atoms with Gasteiger partial charge in [0.1, 0.15) is 0 Å². The molecule has 1 rings (SSSR count). The molecule has 1 heterocycles. The molecule has 58 valence electrons. The molecule has 1 aliphatic rings. The fourth-order valence-electron chi connectivity index (χ4n) is 1.57. The summed E-state index contributed by atoms with van der Waals surface area (Å²) in [6.45, 7) is 6.81. The summed E-state index contributed by atoms with van der Waals surface area (Å²) in [4.78, 5) is 0. The van der Waals surface area contributed by atoms with Gasteiger partial charge in [-0.15, -0.1) is 0 Å². The molecule has 0 aromatic carbocycles. The Kier molecular flexibility index (Phi) is 2.50. The van der Waals surface area contributed by atoms with Crippen molar-refractivity contribution in [1.29, 1.82) is 0 Å². The maximum absolute atomic E-state index is 3.36. The van der Waals surface area contributed by atoms with E-state index in [2.05, 4.69) is 31.3 Å². The van der Waals surface area contributed by atoms with Crippen molar-refractivity contribution in [3.8, 4) is 0 Å². The molecular formula is C9H17N. The van der Waals surface area contributed by atoms with Crippen LogP contribution < -0.4 is 5.32 Å². The van der Waals surface area contributed by atoms with Gasteiger partial charge in [0.2, 0.25) is 0 Å². The fraction of sp³-hybridized carbons (Fsp3) is 0.778. The van der Waals surface area contributed by atoms with Crippen LogP contribution in [0.4, 0.5) is 0 Å². The maximum Gasteiger partial charge on any atom is -0.00407 e. The molecule has 0 saturated carbocycles. The van der Waals surface area contributed by atoms with Crippen LogP contribution in [0.3, 0.4) is 0 Å². The van der Waals surface area contributed by atoms with Crippen LogP contribution in [0, 0.1) is 5.41 Å². The predicted octanol–water partition coefficient (Wildman–Crippen LogP) is 1.95. The Bertz CT molecular complexity index is 121. The number of hydrogen-bond donors (Lipinski definition) is 1. The van der Waals surface area contributed by atoms with Crippen LogP contribution in [0.5, 0.6) is 0 Å². The molecule has 0 radical (unpaired) electrons. The van der Waals surface area contributed by atoms with Crippen molar-refractivity contribution in [2.45, 2.75) is 26.7 Å². The van der Waals surface area contributed by atoms with E-state index in [0.717, 1.165) is 0 Å². The highest BCUT2D eigenvalue weighted by molar-refractivity contribution is 4.97. The molecule has 0 atom stereocenters. The van der Waals surface area contributed by atoms with E-state index in [-0.39, 0.29) is 0 Å². The molecule has 1 saturated heterocycles. The minimum absolute atomic E-state index is 0.486. The summed E-state index contributed by atoms with van der Waals surface area (Å²) < 4.78 is 0. The normalized spacial score (nSPS) is 25.4. The Morgan fingerprint density at radius 3 is 2.40 bits per heavy atom. The van der Waals surface area contributed by atoms with Crippen LogP contribution in [0.15, 0.2) is 12.2 Å². The molecule has 1 heteroatoms. The first-order valence-corrected chi connectivity index (χ1v) is 4.11. The summed E-state index contributed by atoms with van der Waals surface area (Å²) in [5.74, 6) is 0. The third kappa shape index (κ3) is 1.84. The molecular weight excluding hydrogens is 122 g/mol. The van der Waals surface area contributed by atoms with Gasteiger partial charge in [-0.05, 0) is 38.3 Å². The van der Waals surface area contributed by atoms with Gasteiger partial charge in [-0.2, -0.15) is 0 Å². The molecule has 1 fully saturated rings. The lowest BCUT2D eigenvalue weighted by Gasteiger charge is -2.30. The highest BCUT2D eigenvalue weighted by Gasteiger charge is 2.22. The Balaban J connectivity index is 2.48. The molecule has 1 N–H and O–H groups in total. The first-order chi connectivity index (χ1) is 4.77. The van der Waals surface area contributed by atoms with Crippen molar-refractivity contribution in [2.24, 2.45) is 5.41 Å². The van der Waals surface area contributed by atoms with Crippen LogP contribution >= 0.6 is 0 Å². The average Bonchev–Trinajstić information content (AvgIpc) is 1.89. The second-order valence-electron chi connectivity index (χ2n) is 3.40. The van der Waals surface area contributed by atoms with Crippen molar-refractivity contribution >= 4 is 0 Å². The molecule has 0 amide bonds. The monoisotopic (exact) mass is 139 g/mol. The van der Waals surface area contributed by atoms with Gasteiger partial charge in [0.15, 0.2) is 0 Å². The van der Waals surface area contributed by atoms with Gasteiger partial charge in [-0.3, -0.25) is 0 Å². The van der Waals surface area contributed by atoms with Gasteiger partial charge in [0.05, 0.1) is 0 Å². The maximum atomic E-state index is 3.36. The van der Waals surface area contributed by atoms with Gasteiger partial charge in [0.25, 0.3) is 0 Å². The molecule has 0 aromatic rings. The van der Waals surface area contributed by atoms with Crippen LogP contribution in [0.25, 0.3) is 0 Å². The first kappa shape index (κ1) is 7.80. The summed E-state index contributed by atoms with van der Waals surface area (Å²) in [6, 6.07) is 0. The number of nitrogens with one attached hydrogen (secondary N) is 1.